The van der Waals surface area contributed by atoms with E-state index >= 15 is 0 Å². The van der Waals surface area contributed by atoms with Gasteiger partial charge >= 0.3 is 15.6 Å². The fourth-order valence-electron chi connectivity index (χ4n) is 1.58. The number of para-hydroxylation sites is 2. The fraction of sp³-hybridized carbons (Fsp3) is 0.143. The van der Waals surface area contributed by atoms with Crippen LogP contribution in [-0.4, -0.2) is 23.2 Å². The molecule has 0 radical (unpaired) electrons. The summed E-state index contributed by atoms with van der Waals surface area (Å²) in [4.78, 5) is 9.60. The van der Waals surface area contributed by atoms with Crippen LogP contribution < -0.4 is 9.05 Å². The molecule has 0 saturated carbocycles. The zero-order valence-electron chi connectivity index (χ0n) is 12.4. The second-order valence-electron chi connectivity index (χ2n) is 4.36. The van der Waals surface area contributed by atoms with E-state index in [9.17, 15) is 14.0 Å². The largest absolute Gasteiger partial charge is 0.596 e. The number of rotatable bonds is 9. The van der Waals surface area contributed by atoms with E-state index < -0.39 is 28.9 Å². The van der Waals surface area contributed by atoms with Gasteiger partial charge in [-0.3, -0.25) is 4.52 Å². The molecule has 2 aromatic carbocycles. The van der Waals surface area contributed by atoms with Gasteiger partial charge in [-0.25, -0.2) is 9.13 Å². The number of benzene rings is 2. The minimum absolute atomic E-state index is 0.110. The van der Waals surface area contributed by atoms with E-state index in [0.717, 1.165) is 0 Å². The number of aliphatic hydroxyl groups excluding tert-OH is 1. The molecule has 0 aliphatic rings. The first kappa shape index (κ1) is 18.7. The van der Waals surface area contributed by atoms with Crippen LogP contribution in [0.3, 0.4) is 0 Å². The quantitative estimate of drug-likeness (QED) is 0.643. The lowest BCUT2D eigenvalue weighted by Gasteiger charge is -2.20. The molecule has 0 bridgehead atoms. The first-order valence-electron chi connectivity index (χ1n) is 6.81. The van der Waals surface area contributed by atoms with Crippen molar-refractivity contribution in [2.75, 3.05) is 13.2 Å². The summed E-state index contributed by atoms with van der Waals surface area (Å²) in [6, 6.07) is 15.8. The third-order valence-electron chi connectivity index (χ3n) is 2.47. The average Bonchev–Trinajstić information content (AvgIpc) is 2.54. The van der Waals surface area contributed by atoms with Gasteiger partial charge in [0, 0.05) is 0 Å². The molecule has 24 heavy (non-hydrogen) atoms. The van der Waals surface area contributed by atoms with Gasteiger partial charge in [0.1, 0.15) is 11.5 Å². The highest BCUT2D eigenvalue weighted by atomic mass is 31.3. The third-order valence-corrected chi connectivity index (χ3v) is 5.47. The number of phosphoric ester groups is 2. The van der Waals surface area contributed by atoms with E-state index in [4.69, 9.17) is 14.2 Å². The summed E-state index contributed by atoms with van der Waals surface area (Å²) in [6.45, 7) is -0.998. The van der Waals surface area contributed by atoms with Crippen LogP contribution in [0, 0.1) is 0 Å². The summed E-state index contributed by atoms with van der Waals surface area (Å²) in [6.07, 6.45) is 0. The summed E-state index contributed by atoms with van der Waals surface area (Å²) < 4.78 is 44.0. The number of phosphoric acid groups is 2. The van der Waals surface area contributed by atoms with E-state index in [-0.39, 0.29) is 11.5 Å². The van der Waals surface area contributed by atoms with Gasteiger partial charge in [-0.2, -0.15) is 4.31 Å². The van der Waals surface area contributed by atoms with Gasteiger partial charge in [-0.15, -0.1) is 0 Å². The van der Waals surface area contributed by atoms with Crippen molar-refractivity contribution in [3.8, 4) is 11.5 Å². The average molecular weight is 374 g/mol. The van der Waals surface area contributed by atoms with Crippen LogP contribution in [0.5, 0.6) is 11.5 Å². The predicted molar refractivity (Wildman–Crippen MR) is 85.7 cm³/mol. The minimum Gasteiger partial charge on any atom is -0.395 e. The Hall–Kier alpha value is -1.66. The highest BCUT2D eigenvalue weighted by Gasteiger charge is 2.41. The topological polar surface area (TPSA) is 112 Å². The van der Waals surface area contributed by atoms with Gasteiger partial charge in [0.15, 0.2) is 0 Å². The van der Waals surface area contributed by atoms with Gasteiger partial charge in [0.05, 0.1) is 13.2 Å². The summed E-state index contributed by atoms with van der Waals surface area (Å²) in [5.74, 6) is 0.220. The summed E-state index contributed by atoms with van der Waals surface area (Å²) in [5, 5.41) is 8.65. The molecule has 0 aliphatic carbocycles. The SMILES string of the molecule is O=P(O)(OCCO)OP(=O)(Oc1ccccc1)Oc1ccccc1. The first-order valence-corrected chi connectivity index (χ1v) is 9.77. The molecule has 0 amide bonds. The van der Waals surface area contributed by atoms with Crippen LogP contribution in [0.4, 0.5) is 0 Å². The molecule has 130 valence electrons. The van der Waals surface area contributed by atoms with Crippen molar-refractivity contribution in [3.63, 3.8) is 0 Å². The Bertz CT molecular complexity index is 677. The fourth-order valence-corrected chi connectivity index (χ4v) is 4.15. The second-order valence-corrected chi connectivity index (χ2v) is 7.47. The van der Waals surface area contributed by atoms with E-state index in [1.165, 1.54) is 24.3 Å². The number of aliphatic hydroxyl groups is 1. The Balaban J connectivity index is 2.23. The van der Waals surface area contributed by atoms with E-state index in [1.807, 2.05) is 0 Å². The molecule has 0 saturated heterocycles. The summed E-state index contributed by atoms with van der Waals surface area (Å²) in [5.41, 5.74) is 0. The van der Waals surface area contributed by atoms with E-state index in [2.05, 4.69) is 8.83 Å². The Morgan fingerprint density at radius 2 is 1.29 bits per heavy atom. The maximum absolute atomic E-state index is 12.8. The molecule has 0 fully saturated rings. The lowest BCUT2D eigenvalue weighted by atomic mass is 10.3. The number of hydrogen-bond acceptors (Lipinski definition) is 7. The molecular formula is C14H16O8P2. The molecule has 0 heterocycles. The van der Waals surface area contributed by atoms with Gasteiger partial charge in [-0.1, -0.05) is 36.4 Å². The third kappa shape index (κ3) is 6.09. The predicted octanol–water partition coefficient (Wildman–Crippen LogP) is 3.38. The smallest absolute Gasteiger partial charge is 0.395 e. The Labute approximate surface area is 138 Å². The van der Waals surface area contributed by atoms with Gasteiger partial charge < -0.3 is 19.0 Å². The Morgan fingerprint density at radius 1 is 0.833 bits per heavy atom. The van der Waals surface area contributed by atoms with Gasteiger partial charge in [0.25, 0.3) is 0 Å². The van der Waals surface area contributed by atoms with Crippen LogP contribution in [0.1, 0.15) is 0 Å². The zero-order valence-corrected chi connectivity index (χ0v) is 14.2. The number of hydrogen-bond donors (Lipinski definition) is 2. The van der Waals surface area contributed by atoms with Crippen molar-refractivity contribution in [2.24, 2.45) is 0 Å². The van der Waals surface area contributed by atoms with Crippen LogP contribution in [-0.2, 0) is 18.0 Å². The van der Waals surface area contributed by atoms with Crippen LogP contribution >= 0.6 is 15.6 Å². The molecule has 2 N–H and O–H groups in total. The highest BCUT2D eigenvalue weighted by molar-refractivity contribution is 7.62. The first-order chi connectivity index (χ1) is 11.4. The maximum atomic E-state index is 12.8. The molecule has 8 nitrogen and oxygen atoms in total. The summed E-state index contributed by atoms with van der Waals surface area (Å²) in [7, 11) is -9.32. The van der Waals surface area contributed by atoms with Crippen molar-refractivity contribution in [1.82, 2.24) is 0 Å². The molecule has 0 aromatic heterocycles. The van der Waals surface area contributed by atoms with Crippen LogP contribution in [0.2, 0.25) is 0 Å². The molecule has 0 aliphatic heterocycles. The monoisotopic (exact) mass is 374 g/mol. The van der Waals surface area contributed by atoms with Crippen LogP contribution in [0.15, 0.2) is 60.7 Å². The normalized spacial score (nSPS) is 13.9. The van der Waals surface area contributed by atoms with E-state index in [0.29, 0.717) is 0 Å². The minimum atomic E-state index is -4.78. The molecule has 1 unspecified atom stereocenters. The van der Waals surface area contributed by atoms with Gasteiger partial charge in [-0.05, 0) is 24.3 Å². The maximum Gasteiger partial charge on any atom is 0.596 e. The van der Waals surface area contributed by atoms with Crippen molar-refractivity contribution in [3.05, 3.63) is 60.7 Å². The van der Waals surface area contributed by atoms with Gasteiger partial charge in [0.2, 0.25) is 0 Å². The zero-order chi connectivity index (χ0) is 17.5. The van der Waals surface area contributed by atoms with E-state index in [1.54, 1.807) is 36.4 Å². The lowest BCUT2D eigenvalue weighted by Crippen LogP contribution is -2.06. The Kier molecular flexibility index (Phi) is 6.57. The molecular weight excluding hydrogens is 358 g/mol. The molecule has 2 aromatic rings. The molecule has 1 atom stereocenters. The van der Waals surface area contributed by atoms with Crippen molar-refractivity contribution in [1.29, 1.82) is 0 Å². The summed E-state index contributed by atoms with van der Waals surface area (Å²) >= 11 is 0. The van der Waals surface area contributed by atoms with Crippen molar-refractivity contribution in [2.45, 2.75) is 0 Å². The molecule has 0 spiro atoms. The lowest BCUT2D eigenvalue weighted by molar-refractivity contribution is 0.146. The van der Waals surface area contributed by atoms with Crippen molar-refractivity contribution >= 4 is 15.6 Å². The van der Waals surface area contributed by atoms with Crippen molar-refractivity contribution < 1.29 is 37.0 Å². The Morgan fingerprint density at radius 3 is 1.71 bits per heavy atom. The standard InChI is InChI=1S/C14H16O8P2/c15-11-12-19-23(16,17)22-24(18,20-13-7-3-1-4-8-13)21-14-9-5-2-6-10-14/h1-10,15H,11-12H2,(H,16,17). The second kappa shape index (κ2) is 8.44. The highest BCUT2D eigenvalue weighted by Crippen LogP contribution is 2.62. The molecule has 2 rings (SSSR count). The van der Waals surface area contributed by atoms with Crippen LogP contribution in [0.25, 0.3) is 0 Å². The molecule has 10 heteroatoms.